The Balaban J connectivity index is 1.83. The first kappa shape index (κ1) is 21.3. The van der Waals surface area contributed by atoms with Crippen molar-refractivity contribution in [2.45, 2.75) is 43.5 Å². The number of hydrogen-bond donors (Lipinski definition) is 2. The molecule has 1 saturated carbocycles. The van der Waals surface area contributed by atoms with Gasteiger partial charge in [0.05, 0.1) is 16.1 Å². The smallest absolute Gasteiger partial charge is 0.258 e. The summed E-state index contributed by atoms with van der Waals surface area (Å²) >= 11 is 0. The first-order valence-electron chi connectivity index (χ1n) is 9.25. The third-order valence-electron chi connectivity index (χ3n) is 5.12. The molecule has 0 aliphatic heterocycles. The highest BCUT2D eigenvalue weighted by molar-refractivity contribution is 7.89. The molecule has 2 aromatic rings. The zero-order chi connectivity index (χ0) is 21.2. The van der Waals surface area contributed by atoms with Crippen LogP contribution in [0.5, 0.6) is 0 Å². The van der Waals surface area contributed by atoms with Crippen molar-refractivity contribution in [3.05, 3.63) is 59.4 Å². The highest BCUT2D eigenvalue weighted by atomic mass is 32.2. The normalized spacial score (nSPS) is 16.0. The maximum Gasteiger partial charge on any atom is 0.258 e. The van der Waals surface area contributed by atoms with Gasteiger partial charge in [0, 0.05) is 12.1 Å². The fraction of sp³-hybridized carbons (Fsp3) is 0.350. The number of rotatable bonds is 6. The molecule has 1 atom stereocenters. The van der Waals surface area contributed by atoms with E-state index < -0.39 is 44.6 Å². The van der Waals surface area contributed by atoms with Crippen LogP contribution in [-0.4, -0.2) is 20.4 Å². The molecule has 2 N–H and O–H groups in total. The van der Waals surface area contributed by atoms with Crippen LogP contribution >= 0.6 is 0 Å². The van der Waals surface area contributed by atoms with E-state index >= 15 is 0 Å². The molecule has 156 valence electrons. The van der Waals surface area contributed by atoms with E-state index in [0.29, 0.717) is 0 Å². The van der Waals surface area contributed by atoms with Crippen molar-refractivity contribution in [1.82, 2.24) is 4.72 Å². The minimum Gasteiger partial charge on any atom is -0.319 e. The monoisotopic (exact) mass is 426 g/mol. The SMILES string of the molecule is CC(NS(=O)(=O)c1ccc(F)c(C(=O)Nc2cc(F)ccc2F)c1)C1CCCC1. The maximum absolute atomic E-state index is 14.2. The van der Waals surface area contributed by atoms with Crippen molar-refractivity contribution < 1.29 is 26.4 Å². The summed E-state index contributed by atoms with van der Waals surface area (Å²) in [5.41, 5.74) is -1.07. The molecule has 0 bridgehead atoms. The van der Waals surface area contributed by atoms with Crippen LogP contribution < -0.4 is 10.0 Å². The van der Waals surface area contributed by atoms with Gasteiger partial charge in [-0.3, -0.25) is 4.79 Å². The van der Waals surface area contributed by atoms with E-state index in [1.165, 1.54) is 0 Å². The van der Waals surface area contributed by atoms with Crippen LogP contribution in [0, 0.1) is 23.4 Å². The second kappa shape index (κ2) is 8.54. The van der Waals surface area contributed by atoms with Crippen molar-refractivity contribution in [2.24, 2.45) is 5.92 Å². The summed E-state index contributed by atoms with van der Waals surface area (Å²) in [5.74, 6) is -3.54. The molecule has 0 heterocycles. The van der Waals surface area contributed by atoms with Gasteiger partial charge in [-0.25, -0.2) is 26.3 Å². The molecule has 0 aromatic heterocycles. The lowest BCUT2D eigenvalue weighted by atomic mass is 10.0. The molecule has 1 fully saturated rings. The molecule has 1 unspecified atom stereocenters. The number of anilines is 1. The fourth-order valence-electron chi connectivity index (χ4n) is 3.49. The molecule has 2 aromatic carbocycles. The van der Waals surface area contributed by atoms with Crippen LogP contribution in [0.1, 0.15) is 43.0 Å². The quantitative estimate of drug-likeness (QED) is 0.727. The van der Waals surface area contributed by atoms with Gasteiger partial charge in [0.2, 0.25) is 10.0 Å². The number of sulfonamides is 1. The second-order valence-electron chi connectivity index (χ2n) is 7.17. The van der Waals surface area contributed by atoms with Crippen molar-refractivity contribution in [2.75, 3.05) is 5.32 Å². The molecule has 0 spiro atoms. The van der Waals surface area contributed by atoms with Gasteiger partial charge in [-0.05, 0) is 56.0 Å². The molecule has 0 saturated heterocycles. The molecule has 1 amide bonds. The lowest BCUT2D eigenvalue weighted by Gasteiger charge is -2.20. The lowest BCUT2D eigenvalue weighted by Crippen LogP contribution is -2.37. The molecule has 1 aliphatic carbocycles. The number of amides is 1. The van der Waals surface area contributed by atoms with E-state index in [4.69, 9.17) is 0 Å². The van der Waals surface area contributed by atoms with Crippen molar-refractivity contribution >= 4 is 21.6 Å². The third-order valence-corrected chi connectivity index (χ3v) is 6.67. The minimum absolute atomic E-state index is 0.226. The molecular weight excluding hydrogens is 405 g/mol. The lowest BCUT2D eigenvalue weighted by molar-refractivity contribution is 0.102. The zero-order valence-electron chi connectivity index (χ0n) is 15.7. The Hall–Kier alpha value is -2.39. The highest BCUT2D eigenvalue weighted by Crippen LogP contribution is 2.28. The summed E-state index contributed by atoms with van der Waals surface area (Å²) in [6.07, 6.45) is 3.96. The van der Waals surface area contributed by atoms with Crippen molar-refractivity contribution in [3.8, 4) is 0 Å². The number of halogens is 3. The van der Waals surface area contributed by atoms with Gasteiger partial charge in [-0.1, -0.05) is 12.8 Å². The molecule has 5 nitrogen and oxygen atoms in total. The highest BCUT2D eigenvalue weighted by Gasteiger charge is 2.27. The van der Waals surface area contributed by atoms with E-state index in [1.54, 1.807) is 6.92 Å². The summed E-state index contributed by atoms with van der Waals surface area (Å²) in [4.78, 5) is 12.1. The fourth-order valence-corrected chi connectivity index (χ4v) is 4.83. The Labute approximate surface area is 167 Å². The molecule has 29 heavy (non-hydrogen) atoms. The van der Waals surface area contributed by atoms with E-state index in [9.17, 15) is 26.4 Å². The molecule has 0 radical (unpaired) electrons. The minimum atomic E-state index is -3.99. The standard InChI is InChI=1S/C20H21F3N2O3S/c1-12(13-4-2-3-5-13)25-29(27,28)15-7-9-17(22)16(11-15)20(26)24-19-10-14(21)6-8-18(19)23/h6-13,25H,2-5H2,1H3,(H,24,26). The molecule has 1 aliphatic rings. The summed E-state index contributed by atoms with van der Waals surface area (Å²) in [6.45, 7) is 1.78. The Morgan fingerprint density at radius 2 is 1.69 bits per heavy atom. The van der Waals surface area contributed by atoms with Gasteiger partial charge >= 0.3 is 0 Å². The summed E-state index contributed by atoms with van der Waals surface area (Å²) in [6, 6.07) is 4.92. The predicted molar refractivity (Wildman–Crippen MR) is 102 cm³/mol. The number of benzene rings is 2. The first-order chi connectivity index (χ1) is 13.7. The summed E-state index contributed by atoms with van der Waals surface area (Å²) in [5, 5.41) is 2.06. The number of carbonyl (C=O) groups excluding carboxylic acids is 1. The maximum atomic E-state index is 14.2. The van der Waals surface area contributed by atoms with Crippen LogP contribution in [0.4, 0.5) is 18.9 Å². The van der Waals surface area contributed by atoms with Gasteiger partial charge in [0.15, 0.2) is 0 Å². The van der Waals surface area contributed by atoms with Crippen LogP contribution in [0.2, 0.25) is 0 Å². The van der Waals surface area contributed by atoms with Gasteiger partial charge in [-0.2, -0.15) is 0 Å². The number of hydrogen-bond acceptors (Lipinski definition) is 3. The predicted octanol–water partition coefficient (Wildman–Crippen LogP) is 4.21. The zero-order valence-corrected chi connectivity index (χ0v) is 16.5. The van der Waals surface area contributed by atoms with Crippen LogP contribution in [-0.2, 0) is 10.0 Å². The number of carbonyl (C=O) groups is 1. The first-order valence-corrected chi connectivity index (χ1v) is 10.7. The average molecular weight is 426 g/mol. The van der Waals surface area contributed by atoms with E-state index in [1.807, 2.05) is 0 Å². The van der Waals surface area contributed by atoms with E-state index in [2.05, 4.69) is 10.0 Å². The van der Waals surface area contributed by atoms with E-state index in [0.717, 1.165) is 62.1 Å². The van der Waals surface area contributed by atoms with Gasteiger partial charge in [0.25, 0.3) is 5.91 Å². The Morgan fingerprint density at radius 1 is 1.03 bits per heavy atom. The summed E-state index contributed by atoms with van der Waals surface area (Å²) in [7, 11) is -3.99. The average Bonchev–Trinajstić information content (AvgIpc) is 3.19. The second-order valence-corrected chi connectivity index (χ2v) is 8.89. The van der Waals surface area contributed by atoms with Crippen LogP contribution in [0.15, 0.2) is 41.3 Å². The topological polar surface area (TPSA) is 75.3 Å². The number of nitrogens with one attached hydrogen (secondary N) is 2. The molecule has 3 rings (SSSR count). The Bertz CT molecular complexity index is 1020. The molecule has 9 heteroatoms. The van der Waals surface area contributed by atoms with Crippen LogP contribution in [0.3, 0.4) is 0 Å². The van der Waals surface area contributed by atoms with Gasteiger partial charge in [-0.15, -0.1) is 0 Å². The third kappa shape index (κ3) is 4.97. The van der Waals surface area contributed by atoms with Gasteiger partial charge < -0.3 is 5.32 Å². The Morgan fingerprint density at radius 3 is 2.38 bits per heavy atom. The van der Waals surface area contributed by atoms with Crippen LogP contribution in [0.25, 0.3) is 0 Å². The van der Waals surface area contributed by atoms with Crippen molar-refractivity contribution in [3.63, 3.8) is 0 Å². The van der Waals surface area contributed by atoms with E-state index in [-0.39, 0.29) is 16.9 Å². The molecular formula is C20H21F3N2O3S. The Kier molecular flexibility index (Phi) is 6.28. The van der Waals surface area contributed by atoms with Gasteiger partial charge in [0.1, 0.15) is 17.5 Å². The summed E-state index contributed by atoms with van der Waals surface area (Å²) < 4.78 is 69.1. The van der Waals surface area contributed by atoms with Crippen molar-refractivity contribution in [1.29, 1.82) is 0 Å². The largest absolute Gasteiger partial charge is 0.319 e.